The minimum atomic E-state index is 0.534. The van der Waals surface area contributed by atoms with Crippen molar-refractivity contribution in [1.29, 1.82) is 0 Å². The molecule has 0 aliphatic heterocycles. The molecule has 0 radical (unpaired) electrons. The van der Waals surface area contributed by atoms with Gasteiger partial charge in [-0.3, -0.25) is 0 Å². The average molecular weight is 195 g/mol. The van der Waals surface area contributed by atoms with E-state index in [1.54, 1.807) is 0 Å². The topological polar surface area (TPSA) is 12.0 Å². The Hall–Kier alpha value is -0.300. The molecule has 0 aromatic heterocycles. The summed E-state index contributed by atoms with van der Waals surface area (Å²) in [4.78, 5) is 0. The van der Waals surface area contributed by atoms with Gasteiger partial charge >= 0.3 is 0 Å². The van der Waals surface area contributed by atoms with Gasteiger partial charge in [-0.15, -0.1) is 0 Å². The Kier molecular flexibility index (Phi) is 4.67. The van der Waals surface area contributed by atoms with Gasteiger partial charge in [-0.2, -0.15) is 0 Å². The van der Waals surface area contributed by atoms with Crippen LogP contribution in [0.25, 0.3) is 0 Å². The first-order valence-corrected chi connectivity index (χ1v) is 5.99. The van der Waals surface area contributed by atoms with Gasteiger partial charge in [0.15, 0.2) is 0 Å². The Bertz CT molecular complexity index is 195. The fourth-order valence-electron chi connectivity index (χ4n) is 2.38. The smallest absolute Gasteiger partial charge is 0.0245 e. The lowest BCUT2D eigenvalue weighted by atomic mass is 9.81. The molecule has 1 fully saturated rings. The third-order valence-corrected chi connectivity index (χ3v) is 3.59. The zero-order valence-corrected chi connectivity index (χ0v) is 10.1. The summed E-state index contributed by atoms with van der Waals surface area (Å²) in [5, 5.41) is 3.30. The number of hydrogen-bond donors (Lipinski definition) is 1. The van der Waals surface area contributed by atoms with Crippen LogP contribution in [0, 0.1) is 11.8 Å². The first kappa shape index (κ1) is 11.8. The van der Waals surface area contributed by atoms with Crippen LogP contribution in [0.5, 0.6) is 0 Å². The fourth-order valence-corrected chi connectivity index (χ4v) is 2.38. The minimum Gasteiger partial charge on any atom is -0.314 e. The Balaban J connectivity index is 2.48. The molecule has 1 nitrogen and oxygen atoms in total. The highest BCUT2D eigenvalue weighted by molar-refractivity contribution is 5.08. The molecule has 0 aromatic rings. The highest BCUT2D eigenvalue weighted by Gasteiger charge is 2.17. The van der Waals surface area contributed by atoms with Crippen LogP contribution in [0.15, 0.2) is 11.6 Å². The lowest BCUT2D eigenvalue weighted by molar-refractivity contribution is 0.323. The van der Waals surface area contributed by atoms with Gasteiger partial charge in [-0.1, -0.05) is 31.4 Å². The van der Waals surface area contributed by atoms with E-state index in [0.29, 0.717) is 6.04 Å². The van der Waals surface area contributed by atoms with Crippen LogP contribution < -0.4 is 5.32 Å². The van der Waals surface area contributed by atoms with E-state index in [1.165, 1.54) is 31.3 Å². The number of rotatable bonds is 3. The highest BCUT2D eigenvalue weighted by atomic mass is 14.9. The van der Waals surface area contributed by atoms with Crippen molar-refractivity contribution < 1.29 is 0 Å². The molecule has 0 bridgehead atoms. The van der Waals surface area contributed by atoms with Crippen LogP contribution in [-0.4, -0.2) is 13.1 Å². The molecule has 0 aromatic carbocycles. The Labute approximate surface area is 89.0 Å². The maximum atomic E-state index is 3.30. The number of likely N-dealkylation sites (N-methyl/N-ethyl adjacent to an activating group) is 1. The van der Waals surface area contributed by atoms with Crippen molar-refractivity contribution in [3.8, 4) is 0 Å². The molecule has 0 amide bonds. The van der Waals surface area contributed by atoms with Gasteiger partial charge in [0.2, 0.25) is 0 Å². The fraction of sp³-hybridized carbons (Fsp3) is 0.846. The van der Waals surface area contributed by atoms with Crippen LogP contribution in [-0.2, 0) is 0 Å². The maximum absolute atomic E-state index is 3.30. The van der Waals surface area contributed by atoms with Crippen LogP contribution in [0.3, 0.4) is 0 Å². The molecule has 1 N–H and O–H groups in total. The van der Waals surface area contributed by atoms with Gasteiger partial charge < -0.3 is 5.32 Å². The monoisotopic (exact) mass is 195 g/mol. The molecular formula is C13H25N. The molecule has 3 unspecified atom stereocenters. The van der Waals surface area contributed by atoms with Crippen molar-refractivity contribution in [2.75, 3.05) is 7.05 Å². The average Bonchev–Trinajstić information content (AvgIpc) is 2.16. The third-order valence-electron chi connectivity index (χ3n) is 3.59. The second-order valence-corrected chi connectivity index (χ2v) is 4.95. The minimum absolute atomic E-state index is 0.534. The summed E-state index contributed by atoms with van der Waals surface area (Å²) in [6, 6.07) is 0.534. The largest absolute Gasteiger partial charge is 0.314 e. The molecule has 0 spiro atoms. The molecule has 0 heterocycles. The van der Waals surface area contributed by atoms with E-state index in [-0.39, 0.29) is 0 Å². The summed E-state index contributed by atoms with van der Waals surface area (Å²) >= 11 is 0. The second-order valence-electron chi connectivity index (χ2n) is 4.95. The van der Waals surface area contributed by atoms with Crippen LogP contribution in [0.2, 0.25) is 0 Å². The first-order chi connectivity index (χ1) is 6.63. The van der Waals surface area contributed by atoms with Gasteiger partial charge in [0, 0.05) is 6.04 Å². The van der Waals surface area contributed by atoms with E-state index < -0.39 is 0 Å². The van der Waals surface area contributed by atoms with Crippen molar-refractivity contribution in [3.63, 3.8) is 0 Å². The Morgan fingerprint density at radius 1 is 1.43 bits per heavy atom. The SMILES string of the molecule is CNC(C)C(C)=CC1CCCC(C)C1. The Morgan fingerprint density at radius 2 is 2.14 bits per heavy atom. The molecule has 14 heavy (non-hydrogen) atoms. The molecule has 1 aliphatic rings. The van der Waals surface area contributed by atoms with Crippen molar-refractivity contribution in [2.45, 2.75) is 52.5 Å². The zero-order valence-electron chi connectivity index (χ0n) is 10.1. The summed E-state index contributed by atoms with van der Waals surface area (Å²) in [6.45, 7) is 6.87. The van der Waals surface area contributed by atoms with E-state index in [0.717, 1.165) is 11.8 Å². The van der Waals surface area contributed by atoms with E-state index in [1.807, 2.05) is 7.05 Å². The van der Waals surface area contributed by atoms with Crippen molar-refractivity contribution in [3.05, 3.63) is 11.6 Å². The summed E-state index contributed by atoms with van der Waals surface area (Å²) < 4.78 is 0. The lowest BCUT2D eigenvalue weighted by Crippen LogP contribution is -2.23. The van der Waals surface area contributed by atoms with E-state index in [9.17, 15) is 0 Å². The van der Waals surface area contributed by atoms with Crippen LogP contribution in [0.4, 0.5) is 0 Å². The first-order valence-electron chi connectivity index (χ1n) is 5.99. The molecule has 1 saturated carbocycles. The molecular weight excluding hydrogens is 170 g/mol. The lowest BCUT2D eigenvalue weighted by Gasteiger charge is -2.25. The van der Waals surface area contributed by atoms with Gasteiger partial charge in [-0.05, 0) is 45.6 Å². The number of nitrogens with one attached hydrogen (secondary N) is 1. The third kappa shape index (κ3) is 3.45. The second kappa shape index (κ2) is 5.55. The normalized spacial score (nSPS) is 31.6. The Morgan fingerprint density at radius 3 is 2.71 bits per heavy atom. The van der Waals surface area contributed by atoms with Crippen molar-refractivity contribution in [1.82, 2.24) is 5.32 Å². The van der Waals surface area contributed by atoms with Crippen LogP contribution in [0.1, 0.15) is 46.5 Å². The molecule has 82 valence electrons. The summed E-state index contributed by atoms with van der Waals surface area (Å²) in [5.41, 5.74) is 1.51. The maximum Gasteiger partial charge on any atom is 0.0245 e. The molecule has 3 atom stereocenters. The predicted molar refractivity (Wildman–Crippen MR) is 63.4 cm³/mol. The van der Waals surface area contributed by atoms with E-state index >= 15 is 0 Å². The predicted octanol–water partition coefficient (Wildman–Crippen LogP) is 3.37. The van der Waals surface area contributed by atoms with Crippen molar-refractivity contribution >= 4 is 0 Å². The van der Waals surface area contributed by atoms with Gasteiger partial charge in [0.25, 0.3) is 0 Å². The molecule has 0 saturated heterocycles. The zero-order chi connectivity index (χ0) is 10.6. The van der Waals surface area contributed by atoms with E-state index in [4.69, 9.17) is 0 Å². The van der Waals surface area contributed by atoms with Crippen LogP contribution >= 0.6 is 0 Å². The van der Waals surface area contributed by atoms with Crippen molar-refractivity contribution in [2.24, 2.45) is 11.8 Å². The molecule has 1 aliphatic carbocycles. The number of hydrogen-bond acceptors (Lipinski definition) is 1. The quantitative estimate of drug-likeness (QED) is 0.681. The molecule has 1 rings (SSSR count). The summed E-state index contributed by atoms with van der Waals surface area (Å²) in [6.07, 6.45) is 8.15. The van der Waals surface area contributed by atoms with Gasteiger partial charge in [0.05, 0.1) is 0 Å². The van der Waals surface area contributed by atoms with Gasteiger partial charge in [0.1, 0.15) is 0 Å². The number of allylic oxidation sites excluding steroid dienone is 1. The summed E-state index contributed by atoms with van der Waals surface area (Å²) in [7, 11) is 2.03. The van der Waals surface area contributed by atoms with E-state index in [2.05, 4.69) is 32.2 Å². The highest BCUT2D eigenvalue weighted by Crippen LogP contribution is 2.30. The standard InChI is InChI=1S/C13H25N/c1-10-6-5-7-13(8-10)9-11(2)12(3)14-4/h9-10,12-14H,5-8H2,1-4H3. The summed E-state index contributed by atoms with van der Waals surface area (Å²) in [5.74, 6) is 1.78. The molecule has 1 heteroatoms. The van der Waals surface area contributed by atoms with Gasteiger partial charge in [-0.25, -0.2) is 0 Å².